The van der Waals surface area contributed by atoms with Gasteiger partial charge in [0, 0.05) is 39.3 Å². The molecule has 0 amide bonds. The van der Waals surface area contributed by atoms with Crippen molar-refractivity contribution in [1.29, 1.82) is 0 Å². The fourth-order valence-electron chi connectivity index (χ4n) is 3.87. The van der Waals surface area contributed by atoms with Crippen LogP contribution in [-0.2, 0) is 9.84 Å². The number of likely N-dealkylation sites (tertiary alicyclic amines) is 1. The Morgan fingerprint density at radius 3 is 2.54 bits per heavy atom. The lowest BCUT2D eigenvalue weighted by Gasteiger charge is -2.41. The van der Waals surface area contributed by atoms with E-state index in [4.69, 9.17) is 0 Å². The normalized spacial score (nSPS) is 26.5. The molecule has 8 heteroatoms. The van der Waals surface area contributed by atoms with Gasteiger partial charge in [-0.2, -0.15) is 0 Å². The summed E-state index contributed by atoms with van der Waals surface area (Å²) < 4.78 is 23.7. The first-order chi connectivity index (χ1) is 11.7. The van der Waals surface area contributed by atoms with Crippen molar-refractivity contribution in [3.05, 3.63) is 0 Å². The molecule has 2 fully saturated rings. The zero-order valence-electron chi connectivity index (χ0n) is 17.0. The molecule has 0 spiro atoms. The molecule has 1 N–H and O–H groups in total. The largest absolute Gasteiger partial charge is 0.355 e. The monoisotopic (exact) mass is 500 g/mol. The van der Waals surface area contributed by atoms with Crippen molar-refractivity contribution in [2.24, 2.45) is 10.9 Å². The summed E-state index contributed by atoms with van der Waals surface area (Å²) in [7, 11) is -1.24. The van der Waals surface area contributed by atoms with Crippen LogP contribution < -0.4 is 5.32 Å². The lowest BCUT2D eigenvalue weighted by Crippen LogP contribution is -2.58. The molecule has 2 heterocycles. The van der Waals surface area contributed by atoms with Crippen LogP contribution in [0.3, 0.4) is 0 Å². The molecule has 0 saturated carbocycles. The SMILES string of the molecule is CN=C(NCC1CCCCN1CC(C)C)N1CCS(=O)(=O)C(C)(C)C1.I. The second kappa shape index (κ2) is 9.91. The van der Waals surface area contributed by atoms with Gasteiger partial charge in [-0.25, -0.2) is 8.42 Å². The van der Waals surface area contributed by atoms with Crippen LogP contribution in [0.1, 0.15) is 47.0 Å². The zero-order valence-corrected chi connectivity index (χ0v) is 20.1. The minimum atomic E-state index is -3.03. The molecule has 1 unspecified atom stereocenters. The number of sulfone groups is 1. The van der Waals surface area contributed by atoms with E-state index < -0.39 is 14.6 Å². The minimum absolute atomic E-state index is 0. The highest BCUT2D eigenvalue weighted by atomic mass is 127. The minimum Gasteiger partial charge on any atom is -0.355 e. The van der Waals surface area contributed by atoms with Crippen molar-refractivity contribution in [1.82, 2.24) is 15.1 Å². The van der Waals surface area contributed by atoms with Crippen LogP contribution in [-0.4, -0.2) is 80.5 Å². The summed E-state index contributed by atoms with van der Waals surface area (Å²) >= 11 is 0. The predicted molar refractivity (Wildman–Crippen MR) is 120 cm³/mol. The van der Waals surface area contributed by atoms with E-state index in [0.717, 1.165) is 19.0 Å². The third-order valence-electron chi connectivity index (χ3n) is 5.40. The Labute approximate surface area is 177 Å². The number of aliphatic imine (C=N–C) groups is 1. The third kappa shape index (κ3) is 5.95. The van der Waals surface area contributed by atoms with Gasteiger partial charge in [0.25, 0.3) is 0 Å². The topological polar surface area (TPSA) is 65.0 Å². The Morgan fingerprint density at radius 2 is 1.96 bits per heavy atom. The number of nitrogens with zero attached hydrogens (tertiary/aromatic N) is 3. The Bertz CT molecular complexity index is 578. The van der Waals surface area contributed by atoms with Gasteiger partial charge in [0.15, 0.2) is 15.8 Å². The maximum atomic E-state index is 12.2. The molecule has 0 aliphatic carbocycles. The van der Waals surface area contributed by atoms with E-state index in [-0.39, 0.29) is 29.7 Å². The molecule has 154 valence electrons. The summed E-state index contributed by atoms with van der Waals surface area (Å²) in [6, 6.07) is 0.537. The van der Waals surface area contributed by atoms with Gasteiger partial charge >= 0.3 is 0 Å². The standard InChI is InChI=1S/C18H36N4O2S.HI/c1-15(2)13-21-9-7-6-8-16(21)12-20-17(19-5)22-10-11-25(23,24)18(3,4)14-22;/h15-16H,6-14H2,1-5H3,(H,19,20);1H. The summed E-state index contributed by atoms with van der Waals surface area (Å²) in [5.74, 6) is 1.70. The molecule has 2 saturated heterocycles. The number of nitrogens with one attached hydrogen (secondary N) is 1. The molecule has 0 aromatic carbocycles. The second-order valence-corrected chi connectivity index (χ2v) is 11.2. The molecule has 26 heavy (non-hydrogen) atoms. The first-order valence-corrected chi connectivity index (χ1v) is 11.2. The fourth-order valence-corrected chi connectivity index (χ4v) is 5.23. The Hall–Kier alpha value is -0.0900. The Morgan fingerprint density at radius 1 is 1.27 bits per heavy atom. The van der Waals surface area contributed by atoms with Gasteiger partial charge < -0.3 is 10.2 Å². The summed E-state index contributed by atoms with van der Waals surface area (Å²) in [6.07, 6.45) is 3.79. The number of hydrogen-bond acceptors (Lipinski definition) is 4. The molecule has 0 bridgehead atoms. The molecule has 2 aliphatic rings. The average molecular weight is 500 g/mol. The number of piperidine rings is 1. The summed E-state index contributed by atoms with van der Waals surface area (Å²) in [5, 5.41) is 3.52. The van der Waals surface area contributed by atoms with Crippen LogP contribution in [0.5, 0.6) is 0 Å². The van der Waals surface area contributed by atoms with Crippen molar-refractivity contribution in [3.63, 3.8) is 0 Å². The number of rotatable bonds is 4. The van der Waals surface area contributed by atoms with Gasteiger partial charge in [0.2, 0.25) is 0 Å². The lowest BCUT2D eigenvalue weighted by atomic mass is 10.0. The van der Waals surface area contributed by atoms with Gasteiger partial charge in [-0.05, 0) is 39.2 Å². The Balaban J connectivity index is 0.00000338. The maximum absolute atomic E-state index is 12.2. The van der Waals surface area contributed by atoms with Gasteiger partial charge in [0.05, 0.1) is 10.5 Å². The summed E-state index contributed by atoms with van der Waals surface area (Å²) in [4.78, 5) is 9.10. The molecule has 1 atom stereocenters. The molecule has 0 radical (unpaired) electrons. The predicted octanol–water partition coefficient (Wildman–Crippen LogP) is 2.20. The van der Waals surface area contributed by atoms with Crippen LogP contribution in [0, 0.1) is 5.92 Å². The zero-order chi connectivity index (χ0) is 18.7. The van der Waals surface area contributed by atoms with Crippen LogP contribution in [0.25, 0.3) is 0 Å². The number of hydrogen-bond donors (Lipinski definition) is 1. The first-order valence-electron chi connectivity index (χ1n) is 9.58. The molecule has 2 rings (SSSR count). The van der Waals surface area contributed by atoms with E-state index in [9.17, 15) is 8.42 Å². The lowest BCUT2D eigenvalue weighted by molar-refractivity contribution is 0.132. The average Bonchev–Trinajstić information content (AvgIpc) is 2.52. The molecule has 0 aromatic rings. The van der Waals surface area contributed by atoms with E-state index in [1.165, 1.54) is 25.8 Å². The highest BCUT2D eigenvalue weighted by Gasteiger charge is 2.41. The van der Waals surface area contributed by atoms with Crippen LogP contribution in [0.2, 0.25) is 0 Å². The van der Waals surface area contributed by atoms with E-state index in [1.807, 2.05) is 13.8 Å². The number of halogens is 1. The highest BCUT2D eigenvalue weighted by Crippen LogP contribution is 2.24. The third-order valence-corrected chi connectivity index (χ3v) is 7.93. The van der Waals surface area contributed by atoms with Gasteiger partial charge in [-0.1, -0.05) is 20.3 Å². The molecular weight excluding hydrogens is 463 g/mol. The smallest absolute Gasteiger partial charge is 0.193 e. The van der Waals surface area contributed by atoms with Crippen molar-refractivity contribution in [2.45, 2.75) is 57.7 Å². The molecule has 0 aromatic heterocycles. The molecular formula is C18H37IN4O2S. The van der Waals surface area contributed by atoms with E-state index >= 15 is 0 Å². The quantitative estimate of drug-likeness (QED) is 0.364. The fraction of sp³-hybridized carbons (Fsp3) is 0.944. The van der Waals surface area contributed by atoms with Gasteiger partial charge in [-0.3, -0.25) is 9.89 Å². The molecule has 2 aliphatic heterocycles. The first kappa shape index (κ1) is 23.9. The van der Waals surface area contributed by atoms with Gasteiger partial charge in [-0.15, -0.1) is 24.0 Å². The molecule has 6 nitrogen and oxygen atoms in total. The van der Waals surface area contributed by atoms with Crippen molar-refractivity contribution < 1.29 is 8.42 Å². The van der Waals surface area contributed by atoms with E-state index in [0.29, 0.717) is 25.0 Å². The van der Waals surface area contributed by atoms with Crippen molar-refractivity contribution >= 4 is 39.8 Å². The van der Waals surface area contributed by atoms with E-state index in [2.05, 4.69) is 34.0 Å². The van der Waals surface area contributed by atoms with Crippen LogP contribution in [0.15, 0.2) is 4.99 Å². The van der Waals surface area contributed by atoms with Gasteiger partial charge in [0.1, 0.15) is 0 Å². The van der Waals surface area contributed by atoms with Crippen molar-refractivity contribution in [3.8, 4) is 0 Å². The second-order valence-electron chi connectivity index (χ2n) is 8.47. The maximum Gasteiger partial charge on any atom is 0.193 e. The highest BCUT2D eigenvalue weighted by molar-refractivity contribution is 14.0. The summed E-state index contributed by atoms with van der Waals surface area (Å²) in [5.41, 5.74) is 0. The Kier molecular flexibility index (Phi) is 9.13. The number of guanidine groups is 1. The van der Waals surface area contributed by atoms with Crippen LogP contribution in [0.4, 0.5) is 0 Å². The summed E-state index contributed by atoms with van der Waals surface area (Å²) in [6.45, 7) is 12.4. The van der Waals surface area contributed by atoms with Crippen molar-refractivity contribution in [2.75, 3.05) is 45.5 Å². The van der Waals surface area contributed by atoms with Crippen LogP contribution >= 0.6 is 24.0 Å². The van der Waals surface area contributed by atoms with E-state index in [1.54, 1.807) is 7.05 Å².